The molecule has 1 heterocycles. The van der Waals surface area contributed by atoms with Crippen molar-refractivity contribution in [2.24, 2.45) is 0 Å². The van der Waals surface area contributed by atoms with Gasteiger partial charge in [-0.2, -0.15) is 13.2 Å². The standard InChI is InChI=1S/C10H11F3N/c1-9(2,3)8-6-7(4-5-14-8)10(11,12)13/h4,6H,1-3H3. The second kappa shape index (κ2) is 3.26. The molecule has 1 aromatic heterocycles. The van der Waals surface area contributed by atoms with Crippen LogP contribution in [0.15, 0.2) is 12.1 Å². The molecule has 4 heteroatoms. The van der Waals surface area contributed by atoms with Crippen LogP contribution in [0.3, 0.4) is 0 Å². The molecule has 0 atom stereocenters. The highest BCUT2D eigenvalue weighted by molar-refractivity contribution is 5.23. The van der Waals surface area contributed by atoms with E-state index < -0.39 is 17.2 Å². The van der Waals surface area contributed by atoms with Crippen molar-refractivity contribution in [3.63, 3.8) is 0 Å². The third-order valence-electron chi connectivity index (χ3n) is 1.79. The second-order valence-electron chi connectivity index (χ2n) is 4.12. The molecule has 0 unspecified atom stereocenters. The van der Waals surface area contributed by atoms with Crippen molar-refractivity contribution >= 4 is 0 Å². The predicted octanol–water partition coefficient (Wildman–Crippen LogP) is 3.20. The number of hydrogen-bond acceptors (Lipinski definition) is 1. The Morgan fingerprint density at radius 1 is 1.21 bits per heavy atom. The predicted molar refractivity (Wildman–Crippen MR) is 46.8 cm³/mol. The third kappa shape index (κ3) is 2.47. The van der Waals surface area contributed by atoms with Gasteiger partial charge in [-0.3, -0.25) is 4.98 Å². The normalized spacial score (nSPS) is 13.0. The highest BCUT2D eigenvalue weighted by Crippen LogP contribution is 2.31. The maximum atomic E-state index is 12.3. The number of halogens is 3. The number of hydrogen-bond donors (Lipinski definition) is 0. The van der Waals surface area contributed by atoms with Gasteiger partial charge in [0, 0.05) is 11.1 Å². The molecular formula is C10H11F3N. The fourth-order valence-corrected chi connectivity index (χ4v) is 0.940. The Bertz CT molecular complexity index is 294. The van der Waals surface area contributed by atoms with Crippen molar-refractivity contribution in [2.75, 3.05) is 0 Å². The van der Waals surface area contributed by atoms with E-state index in [0.29, 0.717) is 5.69 Å². The van der Waals surface area contributed by atoms with E-state index >= 15 is 0 Å². The lowest BCUT2D eigenvalue weighted by Gasteiger charge is -2.18. The molecule has 0 N–H and O–H groups in total. The van der Waals surface area contributed by atoms with Gasteiger partial charge in [-0.15, -0.1) is 0 Å². The fraction of sp³-hybridized carbons (Fsp3) is 0.500. The molecule has 0 aromatic carbocycles. The van der Waals surface area contributed by atoms with Gasteiger partial charge in [-0.05, 0) is 12.1 Å². The van der Waals surface area contributed by atoms with E-state index in [1.807, 2.05) is 20.8 Å². The van der Waals surface area contributed by atoms with E-state index in [1.165, 1.54) is 0 Å². The van der Waals surface area contributed by atoms with Gasteiger partial charge >= 0.3 is 6.18 Å². The van der Waals surface area contributed by atoms with Crippen LogP contribution in [0.4, 0.5) is 13.2 Å². The van der Waals surface area contributed by atoms with Gasteiger partial charge in [-0.1, -0.05) is 20.8 Å². The number of nitrogens with zero attached hydrogens (tertiary/aromatic N) is 1. The number of pyridine rings is 1. The first-order valence-electron chi connectivity index (χ1n) is 4.17. The number of alkyl halides is 3. The first-order chi connectivity index (χ1) is 6.21. The van der Waals surface area contributed by atoms with Crippen LogP contribution in [0.25, 0.3) is 0 Å². The van der Waals surface area contributed by atoms with E-state index in [4.69, 9.17) is 0 Å². The van der Waals surface area contributed by atoms with Crippen molar-refractivity contribution < 1.29 is 13.2 Å². The average molecular weight is 202 g/mol. The van der Waals surface area contributed by atoms with Crippen LogP contribution in [0.2, 0.25) is 0 Å². The van der Waals surface area contributed by atoms with Gasteiger partial charge in [0.15, 0.2) is 0 Å². The van der Waals surface area contributed by atoms with Gasteiger partial charge in [0.05, 0.1) is 11.8 Å². The smallest absolute Gasteiger partial charge is 0.251 e. The van der Waals surface area contributed by atoms with Gasteiger partial charge in [0.1, 0.15) is 0 Å². The molecule has 0 aliphatic carbocycles. The Hall–Kier alpha value is -1.06. The lowest BCUT2D eigenvalue weighted by atomic mass is 9.91. The first kappa shape index (κ1) is 11.0. The van der Waals surface area contributed by atoms with Gasteiger partial charge in [0.25, 0.3) is 0 Å². The minimum absolute atomic E-state index is 0.391. The van der Waals surface area contributed by atoms with Crippen molar-refractivity contribution in [2.45, 2.75) is 32.4 Å². The molecular weight excluding hydrogens is 191 g/mol. The molecule has 0 saturated heterocycles. The van der Waals surface area contributed by atoms with Crippen molar-refractivity contribution in [1.29, 1.82) is 0 Å². The van der Waals surface area contributed by atoms with E-state index in [0.717, 1.165) is 12.1 Å². The van der Waals surface area contributed by atoms with Crippen LogP contribution in [0.1, 0.15) is 32.0 Å². The highest BCUT2D eigenvalue weighted by atomic mass is 19.4. The summed E-state index contributed by atoms with van der Waals surface area (Å²) in [7, 11) is 0. The molecule has 0 aliphatic rings. The van der Waals surface area contributed by atoms with Crippen LogP contribution in [0.5, 0.6) is 0 Å². The molecule has 1 nitrogen and oxygen atoms in total. The Balaban J connectivity index is 3.15. The molecule has 0 aliphatic heterocycles. The largest absolute Gasteiger partial charge is 0.416 e. The van der Waals surface area contributed by atoms with Crippen LogP contribution >= 0.6 is 0 Å². The highest BCUT2D eigenvalue weighted by Gasteiger charge is 2.31. The molecule has 1 rings (SSSR count). The summed E-state index contributed by atoms with van der Waals surface area (Å²) < 4.78 is 36.9. The zero-order chi connectivity index (χ0) is 11.0. The molecule has 1 aromatic rings. The molecule has 1 radical (unpaired) electrons. The number of aromatic nitrogens is 1. The summed E-state index contributed by atoms with van der Waals surface area (Å²) in [6.07, 6.45) is -2.05. The maximum absolute atomic E-state index is 12.3. The van der Waals surface area contributed by atoms with Crippen molar-refractivity contribution in [1.82, 2.24) is 4.98 Å². The van der Waals surface area contributed by atoms with Crippen LogP contribution in [-0.2, 0) is 11.6 Å². The SMILES string of the molecule is CC(C)(C)c1cc(C(F)(F)F)c[c]n1. The van der Waals surface area contributed by atoms with Gasteiger partial charge in [-0.25, -0.2) is 0 Å². The molecule has 0 fully saturated rings. The zero-order valence-electron chi connectivity index (χ0n) is 8.24. The zero-order valence-corrected chi connectivity index (χ0v) is 8.24. The Labute approximate surface area is 81.0 Å². The van der Waals surface area contributed by atoms with E-state index in [1.54, 1.807) is 0 Å². The summed E-state index contributed by atoms with van der Waals surface area (Å²) in [6, 6.07) is 1.92. The topological polar surface area (TPSA) is 12.9 Å². The van der Waals surface area contributed by atoms with E-state index in [2.05, 4.69) is 11.2 Å². The summed E-state index contributed by atoms with van der Waals surface area (Å²) >= 11 is 0. The fourth-order valence-electron chi connectivity index (χ4n) is 0.940. The molecule has 0 amide bonds. The molecule has 0 spiro atoms. The van der Waals surface area contributed by atoms with Crippen molar-refractivity contribution in [3.05, 3.63) is 29.6 Å². The summed E-state index contributed by atoms with van der Waals surface area (Å²) in [4.78, 5) is 3.80. The third-order valence-corrected chi connectivity index (χ3v) is 1.79. The van der Waals surface area contributed by atoms with Crippen LogP contribution in [-0.4, -0.2) is 4.98 Å². The Kier molecular flexibility index (Phi) is 2.56. The number of rotatable bonds is 0. The summed E-state index contributed by atoms with van der Waals surface area (Å²) in [5.74, 6) is 0. The quantitative estimate of drug-likeness (QED) is 0.629. The summed E-state index contributed by atoms with van der Waals surface area (Å²) in [6.45, 7) is 5.43. The molecule has 0 bridgehead atoms. The monoisotopic (exact) mass is 202 g/mol. The average Bonchev–Trinajstić information content (AvgIpc) is 2.01. The van der Waals surface area contributed by atoms with Gasteiger partial charge in [0.2, 0.25) is 0 Å². The summed E-state index contributed by atoms with van der Waals surface area (Å²) in [5, 5.41) is 0. The van der Waals surface area contributed by atoms with E-state index in [9.17, 15) is 13.2 Å². The Morgan fingerprint density at radius 2 is 1.79 bits per heavy atom. The van der Waals surface area contributed by atoms with Crippen molar-refractivity contribution in [3.8, 4) is 0 Å². The van der Waals surface area contributed by atoms with E-state index in [-0.39, 0.29) is 0 Å². The Morgan fingerprint density at radius 3 is 2.21 bits per heavy atom. The van der Waals surface area contributed by atoms with Crippen LogP contribution < -0.4 is 0 Å². The lowest BCUT2D eigenvalue weighted by molar-refractivity contribution is -0.137. The molecule has 77 valence electrons. The molecule has 14 heavy (non-hydrogen) atoms. The summed E-state index contributed by atoms with van der Waals surface area (Å²) in [5.41, 5.74) is -0.692. The minimum Gasteiger partial charge on any atom is -0.251 e. The van der Waals surface area contributed by atoms with Gasteiger partial charge < -0.3 is 0 Å². The molecule has 0 saturated carbocycles. The second-order valence-corrected chi connectivity index (χ2v) is 4.12. The van der Waals surface area contributed by atoms with Crippen LogP contribution in [0, 0.1) is 6.20 Å². The first-order valence-corrected chi connectivity index (χ1v) is 4.17. The minimum atomic E-state index is -4.32. The maximum Gasteiger partial charge on any atom is 0.416 e. The lowest BCUT2D eigenvalue weighted by Crippen LogP contribution is -2.15.